The predicted octanol–water partition coefficient (Wildman–Crippen LogP) is 1.82. The first-order valence-corrected chi connectivity index (χ1v) is 10.1. The van der Waals surface area contributed by atoms with Gasteiger partial charge in [0.15, 0.2) is 5.78 Å². The maximum atomic E-state index is 13.4. The summed E-state index contributed by atoms with van der Waals surface area (Å²) in [5.74, 6) is 6.88. The molecule has 154 valence electrons. The molecule has 1 saturated heterocycles. The van der Waals surface area contributed by atoms with Crippen LogP contribution in [-0.2, 0) is 13.1 Å². The lowest BCUT2D eigenvalue weighted by Gasteiger charge is -2.30. The Balaban J connectivity index is 1.82. The van der Waals surface area contributed by atoms with Crippen molar-refractivity contribution in [3.05, 3.63) is 58.1 Å². The van der Waals surface area contributed by atoms with Gasteiger partial charge in [-0.25, -0.2) is 4.98 Å². The molecule has 3 aromatic rings. The standard InChI is InChI=1S/C23H25N5O2/c1-3-4-12-28-21-20(17(2)22(28)26-13-10-24-11-14-26)25-16-27(23(21)30)15-19(29)18-8-6-5-7-9-18/h5-9,16,24H,10-15H2,1-2H3. The Morgan fingerprint density at radius 1 is 1.20 bits per heavy atom. The summed E-state index contributed by atoms with van der Waals surface area (Å²) < 4.78 is 3.36. The fraction of sp³-hybridized carbons (Fsp3) is 0.348. The van der Waals surface area contributed by atoms with E-state index >= 15 is 0 Å². The van der Waals surface area contributed by atoms with E-state index in [-0.39, 0.29) is 17.9 Å². The quantitative estimate of drug-likeness (QED) is 0.520. The molecule has 4 rings (SSSR count). The number of Topliss-reactive ketones (excluding diaryl/α,β-unsaturated/α-hetero) is 1. The van der Waals surface area contributed by atoms with Crippen LogP contribution in [-0.4, -0.2) is 46.1 Å². The summed E-state index contributed by atoms with van der Waals surface area (Å²) in [4.78, 5) is 32.9. The maximum Gasteiger partial charge on any atom is 0.278 e. The number of piperazine rings is 1. The zero-order valence-electron chi connectivity index (χ0n) is 17.3. The molecule has 0 bridgehead atoms. The average molecular weight is 403 g/mol. The van der Waals surface area contributed by atoms with Gasteiger partial charge in [-0.1, -0.05) is 36.3 Å². The second-order valence-corrected chi connectivity index (χ2v) is 7.36. The third-order valence-corrected chi connectivity index (χ3v) is 5.47. The summed E-state index contributed by atoms with van der Waals surface area (Å²) >= 11 is 0. The van der Waals surface area contributed by atoms with Crippen LogP contribution in [0.2, 0.25) is 0 Å². The van der Waals surface area contributed by atoms with E-state index in [1.54, 1.807) is 19.1 Å². The molecule has 7 heteroatoms. The predicted molar refractivity (Wildman–Crippen MR) is 118 cm³/mol. The minimum atomic E-state index is -0.216. The fourth-order valence-electron chi connectivity index (χ4n) is 3.99. The number of hydrogen-bond donors (Lipinski definition) is 1. The van der Waals surface area contributed by atoms with Gasteiger partial charge in [0.25, 0.3) is 5.56 Å². The number of nitrogens with one attached hydrogen (secondary N) is 1. The van der Waals surface area contributed by atoms with Crippen molar-refractivity contribution < 1.29 is 4.79 Å². The van der Waals surface area contributed by atoms with Crippen molar-refractivity contribution in [2.75, 3.05) is 31.1 Å². The second-order valence-electron chi connectivity index (χ2n) is 7.36. The van der Waals surface area contributed by atoms with E-state index in [0.717, 1.165) is 37.6 Å². The van der Waals surface area contributed by atoms with Crippen LogP contribution in [0.15, 0.2) is 41.5 Å². The van der Waals surface area contributed by atoms with Gasteiger partial charge in [-0.05, 0) is 13.8 Å². The molecule has 0 aliphatic carbocycles. The molecule has 0 unspecified atom stereocenters. The van der Waals surface area contributed by atoms with Crippen LogP contribution in [0.4, 0.5) is 5.82 Å². The SMILES string of the molecule is CC#CCn1c(N2CCNCC2)c(C)c2ncn(CC(=O)c3ccccc3)c(=O)c21. The van der Waals surface area contributed by atoms with Crippen LogP contribution < -0.4 is 15.8 Å². The Labute approximate surface area is 175 Å². The smallest absolute Gasteiger partial charge is 0.278 e. The number of ketones is 1. The normalized spacial score (nSPS) is 13.9. The van der Waals surface area contributed by atoms with Gasteiger partial charge in [0, 0.05) is 37.3 Å². The largest absolute Gasteiger partial charge is 0.355 e. The molecule has 1 fully saturated rings. The molecule has 7 nitrogen and oxygen atoms in total. The minimum Gasteiger partial charge on any atom is -0.355 e. The number of carbonyl (C=O) groups is 1. The number of aromatic nitrogens is 3. The highest BCUT2D eigenvalue weighted by molar-refractivity contribution is 5.96. The molecule has 0 spiro atoms. The first-order chi connectivity index (χ1) is 14.6. The molecule has 1 N–H and O–H groups in total. The summed E-state index contributed by atoms with van der Waals surface area (Å²) in [7, 11) is 0. The van der Waals surface area contributed by atoms with Crippen LogP contribution in [0.3, 0.4) is 0 Å². The van der Waals surface area contributed by atoms with E-state index in [1.807, 2.05) is 29.7 Å². The molecule has 0 radical (unpaired) electrons. The number of carbonyl (C=O) groups excluding carboxylic acids is 1. The van der Waals surface area contributed by atoms with E-state index in [9.17, 15) is 9.59 Å². The summed E-state index contributed by atoms with van der Waals surface area (Å²) in [5, 5.41) is 3.36. The molecule has 1 aliphatic rings. The Morgan fingerprint density at radius 3 is 2.63 bits per heavy atom. The van der Waals surface area contributed by atoms with E-state index < -0.39 is 0 Å². The lowest BCUT2D eigenvalue weighted by Crippen LogP contribution is -2.44. The van der Waals surface area contributed by atoms with Gasteiger partial charge >= 0.3 is 0 Å². The molecule has 1 aromatic carbocycles. The highest BCUT2D eigenvalue weighted by Gasteiger charge is 2.24. The number of rotatable bonds is 5. The Hall–Kier alpha value is -3.37. The monoisotopic (exact) mass is 403 g/mol. The summed E-state index contributed by atoms with van der Waals surface area (Å²) in [6.45, 7) is 7.66. The molecular formula is C23H25N5O2. The molecule has 0 saturated carbocycles. The van der Waals surface area contributed by atoms with Crippen molar-refractivity contribution in [3.63, 3.8) is 0 Å². The van der Waals surface area contributed by atoms with Crippen LogP contribution in [0.5, 0.6) is 0 Å². The van der Waals surface area contributed by atoms with Gasteiger partial charge in [0.2, 0.25) is 0 Å². The Kier molecular flexibility index (Phi) is 5.68. The van der Waals surface area contributed by atoms with E-state index in [0.29, 0.717) is 23.1 Å². The highest BCUT2D eigenvalue weighted by Crippen LogP contribution is 2.29. The van der Waals surface area contributed by atoms with Gasteiger partial charge in [0.05, 0.1) is 19.4 Å². The lowest BCUT2D eigenvalue weighted by atomic mass is 10.1. The Bertz CT molecular complexity index is 1190. The van der Waals surface area contributed by atoms with Gasteiger partial charge in [0.1, 0.15) is 16.9 Å². The molecule has 2 aromatic heterocycles. The van der Waals surface area contributed by atoms with Crippen LogP contribution in [0.25, 0.3) is 11.0 Å². The molecule has 3 heterocycles. The first-order valence-electron chi connectivity index (χ1n) is 10.1. The van der Waals surface area contributed by atoms with Crippen LogP contribution in [0.1, 0.15) is 22.8 Å². The van der Waals surface area contributed by atoms with E-state index in [4.69, 9.17) is 0 Å². The number of aryl methyl sites for hydroxylation is 1. The number of fused-ring (bicyclic) bond motifs is 1. The first kappa shape index (κ1) is 19.9. The number of hydrogen-bond acceptors (Lipinski definition) is 5. The fourth-order valence-corrected chi connectivity index (χ4v) is 3.99. The highest BCUT2D eigenvalue weighted by atomic mass is 16.1. The van der Waals surface area contributed by atoms with Crippen molar-refractivity contribution in [2.24, 2.45) is 0 Å². The maximum absolute atomic E-state index is 13.4. The molecular weight excluding hydrogens is 378 g/mol. The third kappa shape index (κ3) is 3.62. The second kappa shape index (κ2) is 8.56. The topological polar surface area (TPSA) is 72.2 Å². The zero-order chi connectivity index (χ0) is 21.1. The van der Waals surface area contributed by atoms with Gasteiger partial charge in [-0.3, -0.25) is 14.2 Å². The summed E-state index contributed by atoms with van der Waals surface area (Å²) in [6.07, 6.45) is 1.48. The van der Waals surface area contributed by atoms with Gasteiger partial charge < -0.3 is 14.8 Å². The van der Waals surface area contributed by atoms with Crippen molar-refractivity contribution in [2.45, 2.75) is 26.9 Å². The van der Waals surface area contributed by atoms with Crippen molar-refractivity contribution in [1.29, 1.82) is 0 Å². The summed E-state index contributed by atoms with van der Waals surface area (Å²) in [5.41, 5.74) is 2.52. The van der Waals surface area contributed by atoms with Crippen molar-refractivity contribution >= 4 is 22.6 Å². The Morgan fingerprint density at radius 2 is 1.93 bits per heavy atom. The average Bonchev–Trinajstić information content (AvgIpc) is 3.07. The molecule has 0 amide bonds. The zero-order valence-corrected chi connectivity index (χ0v) is 17.3. The van der Waals surface area contributed by atoms with Crippen LogP contribution in [0, 0.1) is 18.8 Å². The van der Waals surface area contributed by atoms with Crippen molar-refractivity contribution in [1.82, 2.24) is 19.4 Å². The molecule has 30 heavy (non-hydrogen) atoms. The van der Waals surface area contributed by atoms with Gasteiger partial charge in [-0.2, -0.15) is 0 Å². The lowest BCUT2D eigenvalue weighted by molar-refractivity contribution is 0.0970. The third-order valence-electron chi connectivity index (χ3n) is 5.47. The number of anilines is 1. The number of nitrogens with zero attached hydrogens (tertiary/aromatic N) is 4. The van der Waals surface area contributed by atoms with E-state index in [2.05, 4.69) is 27.0 Å². The van der Waals surface area contributed by atoms with Gasteiger partial charge in [-0.15, -0.1) is 5.92 Å². The number of benzene rings is 1. The molecule has 1 aliphatic heterocycles. The molecule has 0 atom stereocenters. The van der Waals surface area contributed by atoms with E-state index in [1.165, 1.54) is 10.9 Å². The van der Waals surface area contributed by atoms with Crippen LogP contribution >= 0.6 is 0 Å². The van der Waals surface area contributed by atoms with Crippen molar-refractivity contribution in [3.8, 4) is 11.8 Å². The minimum absolute atomic E-state index is 0.0432. The summed E-state index contributed by atoms with van der Waals surface area (Å²) in [6, 6.07) is 9.00.